The molecule has 34 heavy (non-hydrogen) atoms. The van der Waals surface area contributed by atoms with Crippen molar-refractivity contribution in [2.75, 3.05) is 42.9 Å². The van der Waals surface area contributed by atoms with Gasteiger partial charge in [-0.05, 0) is 12.1 Å². The van der Waals surface area contributed by atoms with Gasteiger partial charge in [0.15, 0.2) is 5.82 Å². The molecule has 1 saturated heterocycles. The van der Waals surface area contributed by atoms with Gasteiger partial charge in [0.25, 0.3) is 0 Å². The van der Waals surface area contributed by atoms with Crippen LogP contribution >= 0.6 is 0 Å². The zero-order valence-corrected chi connectivity index (χ0v) is 19.0. The molecule has 2 aromatic rings. The first-order valence-corrected chi connectivity index (χ1v) is 11.2. The van der Waals surface area contributed by atoms with E-state index in [1.807, 2.05) is 18.7 Å². The summed E-state index contributed by atoms with van der Waals surface area (Å²) in [6.07, 6.45) is -5.59. The van der Waals surface area contributed by atoms with Crippen LogP contribution in [0.3, 0.4) is 0 Å². The van der Waals surface area contributed by atoms with Crippen molar-refractivity contribution in [2.24, 2.45) is 0 Å². The smallest absolute Gasteiger partial charge is 0.338 e. The molecular weight excluding hydrogens is 453 g/mol. The van der Waals surface area contributed by atoms with Crippen molar-refractivity contribution >= 4 is 23.2 Å². The van der Waals surface area contributed by atoms with Gasteiger partial charge in [0.1, 0.15) is 6.04 Å². The Morgan fingerprint density at radius 1 is 1.18 bits per heavy atom. The number of nitrogens with one attached hydrogen (secondary N) is 1. The third-order valence-electron chi connectivity index (χ3n) is 5.96. The Kier molecular flexibility index (Phi) is 6.89. The number of benzene rings is 1. The number of fused-ring (bicyclic) bond motifs is 1. The number of hydrogen-bond acceptors (Lipinski definition) is 7. The zero-order valence-electron chi connectivity index (χ0n) is 19.0. The lowest BCUT2D eigenvalue weighted by Gasteiger charge is -2.36. The van der Waals surface area contributed by atoms with Crippen LogP contribution in [0, 0.1) is 0 Å². The van der Waals surface area contributed by atoms with Crippen molar-refractivity contribution in [1.82, 2.24) is 19.9 Å². The van der Waals surface area contributed by atoms with Gasteiger partial charge >= 0.3 is 6.18 Å². The van der Waals surface area contributed by atoms with Crippen LogP contribution in [-0.4, -0.2) is 76.7 Å². The number of anilines is 2. The minimum Gasteiger partial charge on any atom is -0.338 e. The van der Waals surface area contributed by atoms with E-state index in [2.05, 4.69) is 20.4 Å². The van der Waals surface area contributed by atoms with Crippen LogP contribution < -0.4 is 10.2 Å². The molecule has 1 aromatic carbocycles. The van der Waals surface area contributed by atoms with Crippen molar-refractivity contribution in [3.8, 4) is 0 Å². The van der Waals surface area contributed by atoms with Crippen LogP contribution in [0.5, 0.6) is 0 Å². The summed E-state index contributed by atoms with van der Waals surface area (Å²) in [5.41, 5.74) is 0.245. The lowest BCUT2D eigenvalue weighted by atomic mass is 10.1. The van der Waals surface area contributed by atoms with Crippen molar-refractivity contribution < 1.29 is 27.3 Å². The predicted molar refractivity (Wildman–Crippen MR) is 117 cm³/mol. The number of alkyl halides is 3. The second kappa shape index (κ2) is 9.71. The van der Waals surface area contributed by atoms with Crippen LogP contribution in [0.25, 0.3) is 0 Å². The number of piperazine rings is 1. The van der Waals surface area contributed by atoms with Crippen molar-refractivity contribution in [2.45, 2.75) is 44.9 Å². The summed E-state index contributed by atoms with van der Waals surface area (Å²) in [5, 5.41) is 6.43. The molecule has 9 nitrogen and oxygen atoms in total. The highest BCUT2D eigenvalue weighted by atomic mass is 19.4. The Morgan fingerprint density at radius 2 is 1.85 bits per heavy atom. The molecule has 1 N–H and O–H groups in total. The van der Waals surface area contributed by atoms with E-state index in [0.29, 0.717) is 44.4 Å². The fraction of sp³-hybridized carbons (Fsp3) is 0.545. The van der Waals surface area contributed by atoms with Gasteiger partial charge in [0.05, 0.1) is 30.9 Å². The van der Waals surface area contributed by atoms with Crippen LogP contribution in [0.1, 0.15) is 37.9 Å². The molecule has 12 heteroatoms. The highest BCUT2D eigenvalue weighted by Crippen LogP contribution is 2.37. The third-order valence-corrected chi connectivity index (χ3v) is 5.96. The number of rotatable bonds is 5. The van der Waals surface area contributed by atoms with E-state index >= 15 is 0 Å². The van der Waals surface area contributed by atoms with E-state index in [0.717, 1.165) is 4.90 Å². The molecule has 0 spiro atoms. The molecule has 4 rings (SSSR count). The topological polar surface area (TPSA) is 94.8 Å². The van der Waals surface area contributed by atoms with Crippen molar-refractivity contribution in [1.29, 1.82) is 0 Å². The lowest BCUT2D eigenvalue weighted by molar-refractivity contribution is -0.158. The first-order chi connectivity index (χ1) is 16.1. The van der Waals surface area contributed by atoms with Crippen LogP contribution in [0.4, 0.5) is 24.5 Å². The summed E-state index contributed by atoms with van der Waals surface area (Å²) in [7, 11) is 0. The third kappa shape index (κ3) is 5.39. The Morgan fingerprint density at radius 3 is 2.50 bits per heavy atom. The monoisotopic (exact) mass is 480 g/mol. The maximum Gasteiger partial charge on any atom is 0.409 e. The summed E-state index contributed by atoms with van der Waals surface area (Å²) in [4.78, 5) is 34.3. The van der Waals surface area contributed by atoms with Crippen molar-refractivity contribution in [3.63, 3.8) is 0 Å². The van der Waals surface area contributed by atoms with Gasteiger partial charge in [-0.1, -0.05) is 31.1 Å². The van der Waals surface area contributed by atoms with E-state index in [1.165, 1.54) is 12.1 Å². The number of nitrogens with zero attached hydrogens (tertiary/aromatic N) is 5. The van der Waals surface area contributed by atoms with Gasteiger partial charge in [-0.2, -0.15) is 18.2 Å². The summed E-state index contributed by atoms with van der Waals surface area (Å²) in [6, 6.07) is 3.84. The minimum atomic E-state index is -4.75. The molecule has 0 saturated carbocycles. The molecule has 2 aliphatic rings. The maximum absolute atomic E-state index is 13.9. The Labute approximate surface area is 194 Å². The molecule has 1 aromatic heterocycles. The number of aromatic nitrogens is 2. The molecule has 0 aliphatic carbocycles. The van der Waals surface area contributed by atoms with Crippen LogP contribution in [0.2, 0.25) is 0 Å². The second-order valence-electron chi connectivity index (χ2n) is 8.84. The first kappa shape index (κ1) is 24.1. The molecular formula is C22H27F3N6O3. The number of halogens is 3. The Bertz CT molecular complexity index is 1030. The first-order valence-electron chi connectivity index (χ1n) is 11.2. The van der Waals surface area contributed by atoms with Crippen LogP contribution in [-0.2, 0) is 16.1 Å². The zero-order chi connectivity index (χ0) is 24.5. The van der Waals surface area contributed by atoms with E-state index in [1.54, 1.807) is 12.1 Å². The molecule has 184 valence electrons. The highest BCUT2D eigenvalue weighted by molar-refractivity contribution is 6.05. The minimum absolute atomic E-state index is 0.0525. The average Bonchev–Trinajstić information content (AvgIpc) is 3.17. The van der Waals surface area contributed by atoms with Gasteiger partial charge in [-0.15, -0.1) is 0 Å². The molecule has 2 amide bonds. The summed E-state index contributed by atoms with van der Waals surface area (Å²) < 4.78 is 46.9. The van der Waals surface area contributed by atoms with Gasteiger partial charge in [-0.3, -0.25) is 24.3 Å². The van der Waals surface area contributed by atoms with Gasteiger partial charge in [0.2, 0.25) is 17.7 Å². The van der Waals surface area contributed by atoms with E-state index in [-0.39, 0.29) is 23.8 Å². The molecule has 1 fully saturated rings. The predicted octanol–water partition coefficient (Wildman–Crippen LogP) is 2.62. The molecule has 0 bridgehead atoms. The Balaban J connectivity index is 1.42. The number of amides is 2. The van der Waals surface area contributed by atoms with Gasteiger partial charge in [-0.25, -0.2) is 0 Å². The lowest BCUT2D eigenvalue weighted by Crippen LogP contribution is -2.54. The number of para-hydroxylation sites is 2. The number of hydrogen-bond donors (Lipinski definition) is 1. The fourth-order valence-corrected chi connectivity index (χ4v) is 4.13. The van der Waals surface area contributed by atoms with Gasteiger partial charge in [0, 0.05) is 32.1 Å². The normalized spacial score (nSPS) is 20.2. The molecule has 0 radical (unpaired) electrons. The fourth-order valence-electron chi connectivity index (χ4n) is 4.13. The second-order valence-corrected chi connectivity index (χ2v) is 8.84. The standard InChI is InChI=1S/C22H27F3N6O3/c1-14(2)21-27-19(34-28-21)12-29-7-9-30(10-8-29)13-20(33)31-16-6-4-3-5-15(16)26-18(32)11-17(31)22(23,24)25/h3-6,14,17H,7-13H2,1-2H3,(H,26,32). The molecule has 1 unspecified atom stereocenters. The molecule has 3 heterocycles. The summed E-state index contributed by atoms with van der Waals surface area (Å²) in [6.45, 7) is 6.45. The highest BCUT2D eigenvalue weighted by Gasteiger charge is 2.49. The average molecular weight is 480 g/mol. The Hall–Kier alpha value is -2.99. The largest absolute Gasteiger partial charge is 0.409 e. The maximum atomic E-state index is 13.9. The molecule has 2 aliphatic heterocycles. The quantitative estimate of drug-likeness (QED) is 0.703. The number of carbonyl (C=O) groups is 2. The van der Waals surface area contributed by atoms with Gasteiger partial charge < -0.3 is 9.84 Å². The van der Waals surface area contributed by atoms with Crippen molar-refractivity contribution in [3.05, 3.63) is 36.0 Å². The van der Waals surface area contributed by atoms with E-state index < -0.39 is 30.5 Å². The van der Waals surface area contributed by atoms with Crippen LogP contribution in [0.15, 0.2) is 28.8 Å². The number of carbonyl (C=O) groups excluding carboxylic acids is 2. The SMILES string of the molecule is CC(C)c1noc(CN2CCN(CC(=O)N3c4ccccc4NC(=O)CC3C(F)(F)F)CC2)n1. The van der Waals surface area contributed by atoms with E-state index in [9.17, 15) is 22.8 Å². The summed E-state index contributed by atoms with van der Waals surface area (Å²) >= 11 is 0. The summed E-state index contributed by atoms with van der Waals surface area (Å²) in [5.74, 6) is -0.155. The molecule has 1 atom stereocenters. The van der Waals surface area contributed by atoms with E-state index in [4.69, 9.17) is 4.52 Å².